The summed E-state index contributed by atoms with van der Waals surface area (Å²) in [5, 5.41) is 15.8. The molecule has 3 aromatic rings. The van der Waals surface area contributed by atoms with E-state index in [-0.39, 0.29) is 12.3 Å². The summed E-state index contributed by atoms with van der Waals surface area (Å²) in [5.41, 5.74) is 4.40. The van der Waals surface area contributed by atoms with Crippen molar-refractivity contribution in [2.45, 2.75) is 38.8 Å². The number of aliphatic carboxylic acids is 1. The molecule has 1 heterocycles. The number of carbonyl (C=O) groups is 2. The Labute approximate surface area is 170 Å². The van der Waals surface area contributed by atoms with Crippen molar-refractivity contribution < 1.29 is 14.7 Å². The molecule has 0 atom stereocenters. The highest BCUT2D eigenvalue weighted by Crippen LogP contribution is 2.24. The summed E-state index contributed by atoms with van der Waals surface area (Å²) in [6, 6.07) is 18.3. The van der Waals surface area contributed by atoms with Gasteiger partial charge < -0.3 is 10.4 Å². The van der Waals surface area contributed by atoms with E-state index in [0.717, 1.165) is 23.2 Å². The Hall–Kier alpha value is -3.41. The summed E-state index contributed by atoms with van der Waals surface area (Å²) in [7, 11) is 0. The number of hydrogen-bond donors (Lipinski definition) is 2. The van der Waals surface area contributed by atoms with Crippen molar-refractivity contribution in [1.29, 1.82) is 0 Å². The van der Waals surface area contributed by atoms with Crippen molar-refractivity contribution in [3.8, 4) is 11.1 Å². The largest absolute Gasteiger partial charge is 0.481 e. The number of amides is 1. The van der Waals surface area contributed by atoms with Crippen LogP contribution in [0.5, 0.6) is 0 Å². The fourth-order valence-electron chi connectivity index (χ4n) is 3.17. The number of aromatic nitrogens is 2. The molecular formula is C23H25N3O3. The summed E-state index contributed by atoms with van der Waals surface area (Å²) in [6.07, 6.45) is 5.25. The van der Waals surface area contributed by atoms with Crippen LogP contribution in [0, 0.1) is 0 Å². The van der Waals surface area contributed by atoms with Crippen LogP contribution in [0.2, 0.25) is 0 Å². The Bertz CT molecular complexity index is 934. The van der Waals surface area contributed by atoms with Gasteiger partial charge in [0.25, 0.3) is 0 Å². The number of benzene rings is 2. The van der Waals surface area contributed by atoms with E-state index >= 15 is 0 Å². The third kappa shape index (κ3) is 6.31. The summed E-state index contributed by atoms with van der Waals surface area (Å²) in [4.78, 5) is 22.6. The third-order valence-corrected chi connectivity index (χ3v) is 4.71. The second-order valence-electron chi connectivity index (χ2n) is 6.94. The molecule has 2 aromatic carbocycles. The zero-order chi connectivity index (χ0) is 20.5. The van der Waals surface area contributed by atoms with Crippen LogP contribution in [0.3, 0.4) is 0 Å². The van der Waals surface area contributed by atoms with Crippen LogP contribution < -0.4 is 5.32 Å². The van der Waals surface area contributed by atoms with E-state index in [0.29, 0.717) is 25.8 Å². The molecule has 0 radical (unpaired) electrons. The van der Waals surface area contributed by atoms with Gasteiger partial charge in [0.15, 0.2) is 0 Å². The van der Waals surface area contributed by atoms with E-state index in [2.05, 4.69) is 40.7 Å². The lowest BCUT2D eigenvalue weighted by molar-refractivity contribution is -0.137. The Kier molecular flexibility index (Phi) is 7.16. The lowest BCUT2D eigenvalue weighted by atomic mass is 9.98. The molecule has 0 saturated carbocycles. The number of nitrogens with zero attached hydrogens (tertiary/aromatic N) is 2. The van der Waals surface area contributed by atoms with Crippen molar-refractivity contribution >= 4 is 11.9 Å². The molecule has 3 rings (SSSR count). The van der Waals surface area contributed by atoms with E-state index in [9.17, 15) is 9.59 Å². The first kappa shape index (κ1) is 20.3. The number of unbranched alkanes of at least 4 members (excludes halogenated alkanes) is 1. The molecule has 0 fully saturated rings. The van der Waals surface area contributed by atoms with Crippen LogP contribution in [0.25, 0.3) is 11.1 Å². The van der Waals surface area contributed by atoms with Gasteiger partial charge in [0.1, 0.15) is 0 Å². The molecule has 6 heteroatoms. The van der Waals surface area contributed by atoms with Gasteiger partial charge in [-0.3, -0.25) is 14.3 Å². The predicted molar refractivity (Wildman–Crippen MR) is 111 cm³/mol. The number of nitrogens with one attached hydrogen (secondary N) is 1. The van der Waals surface area contributed by atoms with Crippen molar-refractivity contribution in [2.24, 2.45) is 0 Å². The summed E-state index contributed by atoms with van der Waals surface area (Å²) in [5.74, 6) is -0.880. The zero-order valence-corrected chi connectivity index (χ0v) is 16.3. The Balaban J connectivity index is 1.58. The summed E-state index contributed by atoms with van der Waals surface area (Å²) < 4.78 is 1.88. The smallest absolute Gasteiger partial charge is 0.303 e. The van der Waals surface area contributed by atoms with E-state index in [1.54, 1.807) is 6.20 Å². The van der Waals surface area contributed by atoms with Crippen molar-refractivity contribution in [2.75, 3.05) is 0 Å². The maximum Gasteiger partial charge on any atom is 0.303 e. The molecule has 29 heavy (non-hydrogen) atoms. The Morgan fingerprint density at radius 1 is 0.966 bits per heavy atom. The van der Waals surface area contributed by atoms with Gasteiger partial charge in [-0.2, -0.15) is 5.10 Å². The Morgan fingerprint density at radius 3 is 2.45 bits per heavy atom. The second kappa shape index (κ2) is 10.2. The minimum Gasteiger partial charge on any atom is -0.481 e. The predicted octanol–water partition coefficient (Wildman–Crippen LogP) is 3.86. The number of rotatable bonds is 10. The van der Waals surface area contributed by atoms with Crippen molar-refractivity contribution in [3.05, 3.63) is 78.1 Å². The van der Waals surface area contributed by atoms with Gasteiger partial charge >= 0.3 is 5.97 Å². The minimum absolute atomic E-state index is 0.0558. The second-order valence-corrected chi connectivity index (χ2v) is 6.94. The average Bonchev–Trinajstić information content (AvgIpc) is 3.23. The number of carboxylic acid groups (broad SMARTS) is 1. The SMILES string of the molecule is O=C(O)CCCCC(=O)NCc1ccccc1-c1ccc(Cn2cccn2)cc1. The molecule has 0 unspecified atom stereocenters. The molecule has 1 amide bonds. The standard InChI is InChI=1S/C23H25N3O3/c27-22(8-3-4-9-23(28)29)24-16-20-6-1-2-7-21(20)19-12-10-18(11-13-19)17-26-15-5-14-25-26/h1-2,5-7,10-15H,3-4,8-9,16-17H2,(H,24,27)(H,28,29). The molecule has 6 nitrogen and oxygen atoms in total. The number of carboxylic acids is 1. The van der Waals surface area contributed by atoms with Crippen LogP contribution in [0.1, 0.15) is 36.8 Å². The van der Waals surface area contributed by atoms with Gasteiger partial charge in [-0.15, -0.1) is 0 Å². The van der Waals surface area contributed by atoms with Gasteiger partial charge in [-0.1, -0.05) is 48.5 Å². The lowest BCUT2D eigenvalue weighted by Gasteiger charge is -2.12. The molecule has 0 saturated heterocycles. The summed E-state index contributed by atoms with van der Waals surface area (Å²) >= 11 is 0. The van der Waals surface area contributed by atoms with Gasteiger partial charge in [0.05, 0.1) is 6.54 Å². The summed E-state index contributed by atoms with van der Waals surface area (Å²) in [6.45, 7) is 1.18. The fourth-order valence-corrected chi connectivity index (χ4v) is 3.17. The van der Waals surface area contributed by atoms with Crippen LogP contribution in [0.15, 0.2) is 67.0 Å². The van der Waals surface area contributed by atoms with Crippen molar-refractivity contribution in [3.63, 3.8) is 0 Å². The van der Waals surface area contributed by atoms with Gasteiger partial charge in [0, 0.05) is 31.8 Å². The highest BCUT2D eigenvalue weighted by molar-refractivity contribution is 5.76. The van der Waals surface area contributed by atoms with Crippen LogP contribution in [0.4, 0.5) is 0 Å². The van der Waals surface area contributed by atoms with E-state index in [1.807, 2.05) is 35.1 Å². The monoisotopic (exact) mass is 391 g/mol. The van der Waals surface area contributed by atoms with E-state index < -0.39 is 5.97 Å². The molecule has 0 aliphatic rings. The first-order valence-corrected chi connectivity index (χ1v) is 9.75. The van der Waals surface area contributed by atoms with Crippen LogP contribution in [-0.4, -0.2) is 26.8 Å². The molecule has 0 bridgehead atoms. The Morgan fingerprint density at radius 2 is 1.72 bits per heavy atom. The maximum atomic E-state index is 12.0. The topological polar surface area (TPSA) is 84.2 Å². The molecule has 0 aliphatic heterocycles. The maximum absolute atomic E-state index is 12.0. The van der Waals surface area contributed by atoms with E-state index in [1.165, 1.54) is 5.56 Å². The molecule has 2 N–H and O–H groups in total. The van der Waals surface area contributed by atoms with Gasteiger partial charge in [-0.05, 0) is 41.2 Å². The third-order valence-electron chi connectivity index (χ3n) is 4.71. The molecule has 0 aliphatic carbocycles. The normalized spacial score (nSPS) is 10.6. The minimum atomic E-state index is -0.824. The molecule has 1 aromatic heterocycles. The first-order chi connectivity index (χ1) is 14.1. The van der Waals surface area contributed by atoms with E-state index in [4.69, 9.17) is 5.11 Å². The number of carbonyl (C=O) groups excluding carboxylic acids is 1. The lowest BCUT2D eigenvalue weighted by Crippen LogP contribution is -2.22. The molecule has 150 valence electrons. The molecular weight excluding hydrogens is 366 g/mol. The zero-order valence-electron chi connectivity index (χ0n) is 16.3. The molecule has 0 spiro atoms. The first-order valence-electron chi connectivity index (χ1n) is 9.75. The highest BCUT2D eigenvalue weighted by atomic mass is 16.4. The quantitative estimate of drug-likeness (QED) is 0.514. The number of hydrogen-bond acceptors (Lipinski definition) is 3. The van der Waals surface area contributed by atoms with Gasteiger partial charge in [-0.25, -0.2) is 0 Å². The van der Waals surface area contributed by atoms with Gasteiger partial charge in [0.2, 0.25) is 5.91 Å². The van der Waals surface area contributed by atoms with Crippen LogP contribution >= 0.6 is 0 Å². The highest BCUT2D eigenvalue weighted by Gasteiger charge is 2.08. The van der Waals surface area contributed by atoms with Crippen LogP contribution in [-0.2, 0) is 22.7 Å². The van der Waals surface area contributed by atoms with Crippen molar-refractivity contribution in [1.82, 2.24) is 15.1 Å². The fraction of sp³-hybridized carbons (Fsp3) is 0.261. The average molecular weight is 391 g/mol.